The normalized spacial score (nSPS) is 11.6. The zero-order chi connectivity index (χ0) is 21.3. The van der Waals surface area contributed by atoms with E-state index in [4.69, 9.17) is 10.8 Å². The van der Waals surface area contributed by atoms with E-state index in [1.54, 1.807) is 24.3 Å². The van der Waals surface area contributed by atoms with Crippen molar-refractivity contribution in [2.45, 2.75) is 25.3 Å². The molecule has 30 heavy (non-hydrogen) atoms. The van der Waals surface area contributed by atoms with Crippen LogP contribution >= 0.6 is 0 Å². The van der Waals surface area contributed by atoms with Crippen LogP contribution in [-0.2, 0) is 17.6 Å². The van der Waals surface area contributed by atoms with E-state index in [2.05, 4.69) is 29.6 Å². The fraction of sp³-hybridized carbons (Fsp3) is 0.200. The zero-order valence-electron chi connectivity index (χ0n) is 16.8. The summed E-state index contributed by atoms with van der Waals surface area (Å²) in [5.74, 6) is -1.17. The lowest BCUT2D eigenvalue weighted by atomic mass is 9.97. The summed E-state index contributed by atoms with van der Waals surface area (Å²) in [6.45, 7) is 0.577. The molecule has 0 saturated heterocycles. The molecule has 0 bridgehead atoms. The number of carboxylic acids is 1. The van der Waals surface area contributed by atoms with Crippen molar-refractivity contribution in [1.29, 1.82) is 0 Å². The molecule has 5 heteroatoms. The Morgan fingerprint density at radius 2 is 1.57 bits per heavy atom. The monoisotopic (exact) mass is 402 g/mol. The van der Waals surface area contributed by atoms with Crippen LogP contribution in [0.2, 0.25) is 0 Å². The van der Waals surface area contributed by atoms with Crippen LogP contribution in [-0.4, -0.2) is 29.6 Å². The summed E-state index contributed by atoms with van der Waals surface area (Å²) in [6.07, 6.45) is 1.94. The molecule has 3 aromatic carbocycles. The van der Waals surface area contributed by atoms with Crippen molar-refractivity contribution in [3.63, 3.8) is 0 Å². The number of nitrogens with two attached hydrogens (primary N) is 1. The number of aryl methyl sites for hydroxylation is 1. The van der Waals surface area contributed by atoms with E-state index in [1.165, 1.54) is 16.7 Å². The van der Waals surface area contributed by atoms with Crippen molar-refractivity contribution >= 4 is 11.9 Å². The van der Waals surface area contributed by atoms with E-state index < -0.39 is 12.0 Å². The number of carbonyl (C=O) groups is 2. The molecular weight excluding hydrogens is 376 g/mol. The fourth-order valence-electron chi connectivity index (χ4n) is 3.35. The number of hydrogen-bond acceptors (Lipinski definition) is 3. The third-order valence-electron chi connectivity index (χ3n) is 5.00. The van der Waals surface area contributed by atoms with Crippen molar-refractivity contribution in [2.24, 2.45) is 5.73 Å². The molecule has 0 spiro atoms. The number of aliphatic carboxylic acids is 1. The van der Waals surface area contributed by atoms with Crippen LogP contribution in [0.4, 0.5) is 0 Å². The first-order valence-corrected chi connectivity index (χ1v) is 10.0. The summed E-state index contributed by atoms with van der Waals surface area (Å²) in [5.41, 5.74) is 10.6. The van der Waals surface area contributed by atoms with Crippen LogP contribution in [0.25, 0.3) is 11.1 Å². The number of hydrogen-bond donors (Lipinski definition) is 3. The van der Waals surface area contributed by atoms with Crippen LogP contribution in [0, 0.1) is 0 Å². The maximum atomic E-state index is 12.4. The van der Waals surface area contributed by atoms with Crippen LogP contribution < -0.4 is 11.1 Å². The standard InChI is InChI=1S/C25H26N2O3/c26-23(25(29)30)17-18-12-14-21(15-13-18)24(28)27-16-6-10-20-9-4-5-11-22(20)19-7-2-1-3-8-19/h1-5,7-9,11-15,23H,6,10,16-17,26H2,(H,27,28)(H,29,30). The van der Waals surface area contributed by atoms with Gasteiger partial charge in [0.05, 0.1) is 0 Å². The predicted molar refractivity (Wildman–Crippen MR) is 118 cm³/mol. The maximum absolute atomic E-state index is 12.4. The number of carbonyl (C=O) groups excluding carboxylic acids is 1. The van der Waals surface area contributed by atoms with Crippen LogP contribution in [0.3, 0.4) is 0 Å². The third kappa shape index (κ3) is 5.78. The number of benzene rings is 3. The maximum Gasteiger partial charge on any atom is 0.320 e. The van der Waals surface area contributed by atoms with Crippen molar-refractivity contribution < 1.29 is 14.7 Å². The minimum Gasteiger partial charge on any atom is -0.480 e. The number of carboxylic acid groups (broad SMARTS) is 1. The Morgan fingerprint density at radius 3 is 2.27 bits per heavy atom. The van der Waals surface area contributed by atoms with Gasteiger partial charge in [0.15, 0.2) is 0 Å². The largest absolute Gasteiger partial charge is 0.480 e. The van der Waals surface area contributed by atoms with Crippen molar-refractivity contribution in [3.8, 4) is 11.1 Å². The molecule has 0 aliphatic carbocycles. The second kappa shape index (κ2) is 10.4. The van der Waals surface area contributed by atoms with E-state index in [0.717, 1.165) is 18.4 Å². The Labute approximate surface area is 176 Å². The molecule has 0 fully saturated rings. The second-order valence-electron chi connectivity index (χ2n) is 7.23. The second-order valence-corrected chi connectivity index (χ2v) is 7.23. The van der Waals surface area contributed by atoms with Crippen molar-refractivity contribution in [3.05, 3.63) is 95.6 Å². The average Bonchev–Trinajstić information content (AvgIpc) is 2.78. The van der Waals surface area contributed by atoms with Gasteiger partial charge < -0.3 is 16.2 Å². The van der Waals surface area contributed by atoms with E-state index in [9.17, 15) is 9.59 Å². The van der Waals surface area contributed by atoms with Crippen molar-refractivity contribution in [1.82, 2.24) is 5.32 Å². The van der Waals surface area contributed by atoms with E-state index in [0.29, 0.717) is 12.1 Å². The molecule has 154 valence electrons. The van der Waals surface area contributed by atoms with Gasteiger partial charge in [-0.15, -0.1) is 0 Å². The first kappa shape index (κ1) is 21.3. The highest BCUT2D eigenvalue weighted by molar-refractivity contribution is 5.94. The summed E-state index contributed by atoms with van der Waals surface area (Å²) in [7, 11) is 0. The highest BCUT2D eigenvalue weighted by Gasteiger charge is 2.12. The summed E-state index contributed by atoms with van der Waals surface area (Å²) >= 11 is 0. The summed E-state index contributed by atoms with van der Waals surface area (Å²) in [5, 5.41) is 11.8. The Bertz CT molecular complexity index is 985. The van der Waals surface area contributed by atoms with Gasteiger partial charge in [-0.2, -0.15) is 0 Å². The van der Waals surface area contributed by atoms with E-state index >= 15 is 0 Å². The molecule has 0 heterocycles. The SMILES string of the molecule is NC(Cc1ccc(C(=O)NCCCc2ccccc2-c2ccccc2)cc1)C(=O)O. The molecule has 0 aliphatic rings. The molecule has 0 saturated carbocycles. The zero-order valence-corrected chi connectivity index (χ0v) is 16.8. The molecule has 0 aromatic heterocycles. The smallest absolute Gasteiger partial charge is 0.320 e. The molecular formula is C25H26N2O3. The Hall–Kier alpha value is -3.44. The molecule has 0 aliphatic heterocycles. The van der Waals surface area contributed by atoms with Gasteiger partial charge in [0.1, 0.15) is 6.04 Å². The van der Waals surface area contributed by atoms with Gasteiger partial charge >= 0.3 is 5.97 Å². The van der Waals surface area contributed by atoms with Gasteiger partial charge in [0.2, 0.25) is 0 Å². The lowest BCUT2D eigenvalue weighted by Gasteiger charge is -2.11. The topological polar surface area (TPSA) is 92.4 Å². The van der Waals surface area contributed by atoms with E-state index in [-0.39, 0.29) is 12.3 Å². The van der Waals surface area contributed by atoms with Crippen LogP contribution in [0.5, 0.6) is 0 Å². The highest BCUT2D eigenvalue weighted by Crippen LogP contribution is 2.24. The molecule has 1 unspecified atom stereocenters. The van der Waals surface area contributed by atoms with Crippen LogP contribution in [0.15, 0.2) is 78.9 Å². The van der Waals surface area contributed by atoms with Crippen LogP contribution in [0.1, 0.15) is 27.9 Å². The van der Waals surface area contributed by atoms with Gasteiger partial charge in [-0.25, -0.2) is 0 Å². The molecule has 3 rings (SSSR count). The Balaban J connectivity index is 1.50. The van der Waals surface area contributed by atoms with Gasteiger partial charge in [-0.3, -0.25) is 9.59 Å². The lowest BCUT2D eigenvalue weighted by molar-refractivity contribution is -0.138. The predicted octanol–water partition coefficient (Wildman–Crippen LogP) is 3.67. The van der Waals surface area contributed by atoms with E-state index in [1.807, 2.05) is 30.3 Å². The Kier molecular flexibility index (Phi) is 7.35. The average molecular weight is 402 g/mol. The summed E-state index contributed by atoms with van der Waals surface area (Å²) in [4.78, 5) is 23.2. The summed E-state index contributed by atoms with van der Waals surface area (Å²) in [6, 6.07) is 24.6. The fourth-order valence-corrected chi connectivity index (χ4v) is 3.35. The molecule has 1 atom stereocenters. The molecule has 0 radical (unpaired) electrons. The van der Waals surface area contributed by atoms with Gasteiger partial charge in [-0.05, 0) is 53.6 Å². The number of amides is 1. The number of nitrogens with one attached hydrogen (secondary N) is 1. The third-order valence-corrected chi connectivity index (χ3v) is 5.00. The first-order valence-electron chi connectivity index (χ1n) is 10.0. The highest BCUT2D eigenvalue weighted by atomic mass is 16.4. The van der Waals surface area contributed by atoms with Gasteiger partial charge in [0, 0.05) is 12.1 Å². The van der Waals surface area contributed by atoms with Gasteiger partial charge in [0.25, 0.3) is 5.91 Å². The van der Waals surface area contributed by atoms with Crippen molar-refractivity contribution in [2.75, 3.05) is 6.54 Å². The minimum atomic E-state index is -1.04. The molecule has 4 N–H and O–H groups in total. The lowest BCUT2D eigenvalue weighted by Crippen LogP contribution is -2.32. The quantitative estimate of drug-likeness (QED) is 0.476. The molecule has 1 amide bonds. The minimum absolute atomic E-state index is 0.138. The summed E-state index contributed by atoms with van der Waals surface area (Å²) < 4.78 is 0. The van der Waals surface area contributed by atoms with Gasteiger partial charge in [-0.1, -0.05) is 66.7 Å². The molecule has 5 nitrogen and oxygen atoms in total. The molecule has 3 aromatic rings. The Morgan fingerprint density at radius 1 is 0.900 bits per heavy atom. The first-order chi connectivity index (χ1) is 14.5. The number of rotatable bonds is 9.